The SMILES string of the molecule is Cc1ccc(-c2ccc(/C=C/C(=O)c3cccc([N+](=O)[O-])c3)o2)c([N+](=O)[O-])c1. The third-order valence-electron chi connectivity index (χ3n) is 3.98. The van der Waals surface area contributed by atoms with Crippen LogP contribution in [0.1, 0.15) is 21.7 Å². The Labute approximate surface area is 159 Å². The van der Waals surface area contributed by atoms with Crippen LogP contribution in [0, 0.1) is 27.2 Å². The Bertz CT molecular complexity index is 1110. The van der Waals surface area contributed by atoms with Crippen LogP contribution in [0.4, 0.5) is 11.4 Å². The molecular weight excluding hydrogens is 364 g/mol. The van der Waals surface area contributed by atoms with E-state index in [2.05, 4.69) is 0 Å². The number of nitro benzene ring substituents is 2. The number of rotatable bonds is 6. The second-order valence-corrected chi connectivity index (χ2v) is 5.98. The van der Waals surface area contributed by atoms with E-state index >= 15 is 0 Å². The third-order valence-corrected chi connectivity index (χ3v) is 3.98. The molecule has 8 heteroatoms. The average molecular weight is 378 g/mol. The Morgan fingerprint density at radius 1 is 1.00 bits per heavy atom. The Hall–Kier alpha value is -4.07. The van der Waals surface area contributed by atoms with E-state index in [0.29, 0.717) is 17.1 Å². The first-order valence-electron chi connectivity index (χ1n) is 8.17. The fraction of sp³-hybridized carbons (Fsp3) is 0.0500. The Morgan fingerprint density at radius 3 is 2.50 bits per heavy atom. The number of furan rings is 1. The van der Waals surface area contributed by atoms with Gasteiger partial charge in [0, 0.05) is 23.8 Å². The summed E-state index contributed by atoms with van der Waals surface area (Å²) in [4.78, 5) is 33.2. The lowest BCUT2D eigenvalue weighted by atomic mass is 10.1. The van der Waals surface area contributed by atoms with Crippen molar-refractivity contribution in [2.45, 2.75) is 6.92 Å². The maximum absolute atomic E-state index is 12.2. The van der Waals surface area contributed by atoms with Crippen molar-refractivity contribution in [3.05, 3.63) is 97.8 Å². The van der Waals surface area contributed by atoms with Gasteiger partial charge in [-0.25, -0.2) is 0 Å². The number of non-ortho nitro benzene ring substituents is 1. The van der Waals surface area contributed by atoms with Crippen LogP contribution >= 0.6 is 0 Å². The zero-order chi connectivity index (χ0) is 20.3. The standard InChI is InChI=1S/C20H14N2O6/c1-13-5-8-17(18(11-13)22(26)27)20-10-7-16(28-20)6-9-19(23)14-3-2-4-15(12-14)21(24)25/h2-12H,1H3/b9-6+. The summed E-state index contributed by atoms with van der Waals surface area (Å²) in [7, 11) is 0. The molecule has 0 unspecified atom stereocenters. The molecule has 0 N–H and O–H groups in total. The second kappa shape index (κ2) is 7.67. The minimum absolute atomic E-state index is 0.0717. The van der Waals surface area contributed by atoms with Gasteiger partial charge in [0.2, 0.25) is 0 Å². The summed E-state index contributed by atoms with van der Waals surface area (Å²) in [6.45, 7) is 1.76. The average Bonchev–Trinajstić information content (AvgIpc) is 3.14. The normalized spacial score (nSPS) is 10.9. The van der Waals surface area contributed by atoms with Crippen LogP contribution in [0.25, 0.3) is 17.4 Å². The van der Waals surface area contributed by atoms with Gasteiger partial charge >= 0.3 is 0 Å². The van der Waals surface area contributed by atoms with E-state index in [1.807, 2.05) is 0 Å². The van der Waals surface area contributed by atoms with Crippen molar-refractivity contribution in [2.75, 3.05) is 0 Å². The molecule has 0 aliphatic heterocycles. The second-order valence-electron chi connectivity index (χ2n) is 5.98. The van der Waals surface area contributed by atoms with Crippen LogP contribution in [0.15, 0.2) is 65.1 Å². The van der Waals surface area contributed by atoms with Crippen molar-refractivity contribution in [2.24, 2.45) is 0 Å². The molecule has 0 saturated heterocycles. The van der Waals surface area contributed by atoms with Crippen molar-refractivity contribution in [1.82, 2.24) is 0 Å². The van der Waals surface area contributed by atoms with E-state index in [1.165, 1.54) is 42.5 Å². The van der Waals surface area contributed by atoms with Gasteiger partial charge in [0.25, 0.3) is 11.4 Å². The number of allylic oxidation sites excluding steroid dienone is 1. The van der Waals surface area contributed by atoms with Gasteiger partial charge in [-0.15, -0.1) is 0 Å². The number of aryl methyl sites for hydroxylation is 1. The topological polar surface area (TPSA) is 116 Å². The molecule has 0 bridgehead atoms. The summed E-state index contributed by atoms with van der Waals surface area (Å²) >= 11 is 0. The predicted molar refractivity (Wildman–Crippen MR) is 102 cm³/mol. The van der Waals surface area contributed by atoms with E-state index in [1.54, 1.807) is 31.2 Å². The van der Waals surface area contributed by atoms with Crippen LogP contribution in [0.5, 0.6) is 0 Å². The third kappa shape index (κ3) is 4.01. The van der Waals surface area contributed by atoms with Crippen molar-refractivity contribution in [3.8, 4) is 11.3 Å². The summed E-state index contributed by atoms with van der Waals surface area (Å²) in [5.74, 6) is 0.195. The van der Waals surface area contributed by atoms with Gasteiger partial charge in [-0.05, 0) is 42.8 Å². The van der Waals surface area contributed by atoms with Gasteiger partial charge < -0.3 is 4.42 Å². The van der Waals surface area contributed by atoms with Gasteiger partial charge in [0.1, 0.15) is 11.5 Å². The number of carbonyl (C=O) groups excluding carboxylic acids is 1. The number of carbonyl (C=O) groups is 1. The largest absolute Gasteiger partial charge is 0.456 e. The summed E-state index contributed by atoms with van der Waals surface area (Å²) in [5.41, 5.74) is 1.01. The highest BCUT2D eigenvalue weighted by atomic mass is 16.6. The molecule has 1 heterocycles. The molecule has 0 spiro atoms. The number of hydrogen-bond donors (Lipinski definition) is 0. The van der Waals surface area contributed by atoms with E-state index < -0.39 is 15.6 Å². The predicted octanol–water partition coefficient (Wildman–Crippen LogP) is 4.97. The monoisotopic (exact) mass is 378 g/mol. The highest BCUT2D eigenvalue weighted by molar-refractivity contribution is 6.07. The van der Waals surface area contributed by atoms with E-state index in [9.17, 15) is 25.0 Å². The fourth-order valence-corrected chi connectivity index (χ4v) is 2.62. The fourth-order valence-electron chi connectivity index (χ4n) is 2.62. The smallest absolute Gasteiger partial charge is 0.280 e. The first-order valence-corrected chi connectivity index (χ1v) is 8.17. The van der Waals surface area contributed by atoms with Crippen LogP contribution in [-0.2, 0) is 0 Å². The Kier molecular flexibility index (Phi) is 5.12. The number of ketones is 1. The molecule has 3 aromatic rings. The van der Waals surface area contributed by atoms with Gasteiger partial charge in [-0.3, -0.25) is 25.0 Å². The van der Waals surface area contributed by atoms with Crippen LogP contribution in [-0.4, -0.2) is 15.6 Å². The molecule has 0 saturated carbocycles. The van der Waals surface area contributed by atoms with Crippen LogP contribution < -0.4 is 0 Å². The van der Waals surface area contributed by atoms with Gasteiger partial charge in [-0.2, -0.15) is 0 Å². The highest BCUT2D eigenvalue weighted by Crippen LogP contribution is 2.32. The summed E-state index contributed by atoms with van der Waals surface area (Å²) in [6, 6.07) is 13.4. The molecule has 0 radical (unpaired) electrons. The zero-order valence-corrected chi connectivity index (χ0v) is 14.7. The van der Waals surface area contributed by atoms with Crippen LogP contribution in [0.2, 0.25) is 0 Å². The van der Waals surface area contributed by atoms with Crippen molar-refractivity contribution >= 4 is 23.2 Å². The van der Waals surface area contributed by atoms with Crippen molar-refractivity contribution < 1.29 is 19.1 Å². The van der Waals surface area contributed by atoms with E-state index in [4.69, 9.17) is 4.42 Å². The molecule has 0 aliphatic rings. The molecule has 28 heavy (non-hydrogen) atoms. The first-order chi connectivity index (χ1) is 13.3. The minimum Gasteiger partial charge on any atom is -0.456 e. The molecule has 0 aliphatic carbocycles. The molecule has 0 fully saturated rings. The molecule has 0 amide bonds. The quantitative estimate of drug-likeness (QED) is 0.259. The maximum atomic E-state index is 12.2. The maximum Gasteiger partial charge on any atom is 0.280 e. The summed E-state index contributed by atoms with van der Waals surface area (Å²) in [5, 5.41) is 22.1. The minimum atomic E-state index is -0.576. The number of hydrogen-bond acceptors (Lipinski definition) is 6. The first kappa shape index (κ1) is 18.7. The lowest BCUT2D eigenvalue weighted by molar-refractivity contribution is -0.384. The molecule has 1 aromatic heterocycles. The Morgan fingerprint density at radius 2 is 1.79 bits per heavy atom. The van der Waals surface area contributed by atoms with Gasteiger partial charge in [-0.1, -0.05) is 18.2 Å². The van der Waals surface area contributed by atoms with Gasteiger partial charge in [0.15, 0.2) is 5.78 Å². The lowest BCUT2D eigenvalue weighted by Gasteiger charge is -2.01. The molecular formula is C20H14N2O6. The molecule has 140 valence electrons. The number of benzene rings is 2. The lowest BCUT2D eigenvalue weighted by Crippen LogP contribution is -1.96. The molecule has 8 nitrogen and oxygen atoms in total. The molecule has 2 aromatic carbocycles. The summed E-state index contributed by atoms with van der Waals surface area (Å²) < 4.78 is 5.60. The highest BCUT2D eigenvalue weighted by Gasteiger charge is 2.18. The van der Waals surface area contributed by atoms with E-state index in [-0.39, 0.29) is 16.9 Å². The Balaban J connectivity index is 1.84. The summed E-state index contributed by atoms with van der Waals surface area (Å²) in [6.07, 6.45) is 2.63. The van der Waals surface area contributed by atoms with Crippen molar-refractivity contribution in [3.63, 3.8) is 0 Å². The molecule has 0 atom stereocenters. The zero-order valence-electron chi connectivity index (χ0n) is 14.7. The van der Waals surface area contributed by atoms with Gasteiger partial charge in [0.05, 0.1) is 15.4 Å². The van der Waals surface area contributed by atoms with Crippen LogP contribution in [0.3, 0.4) is 0 Å². The van der Waals surface area contributed by atoms with E-state index in [0.717, 1.165) is 5.56 Å². The number of nitrogens with zero attached hydrogens (tertiary/aromatic N) is 2. The number of nitro groups is 2. The molecule has 3 rings (SSSR count). The van der Waals surface area contributed by atoms with Crippen molar-refractivity contribution in [1.29, 1.82) is 0 Å².